The third-order valence-electron chi connectivity index (χ3n) is 17.1. The fraction of sp³-hybridized carbons (Fsp3) is 0.677. The number of rotatable bonds is 18. The highest BCUT2D eigenvalue weighted by Crippen LogP contribution is 2.49. The van der Waals surface area contributed by atoms with Crippen molar-refractivity contribution >= 4 is 71.2 Å². The first-order valence-corrected chi connectivity index (χ1v) is 31.9. The van der Waals surface area contributed by atoms with Gasteiger partial charge in [0, 0.05) is 26.9 Å². The predicted octanol–water partition coefficient (Wildman–Crippen LogP) is 6.26. The molecule has 6 aliphatic rings. The number of nitrogens with zero attached hydrogens (tertiary/aromatic N) is 4. The van der Waals surface area contributed by atoms with Crippen LogP contribution < -0.4 is 21.3 Å². The summed E-state index contributed by atoms with van der Waals surface area (Å²) in [4.78, 5) is 117. The van der Waals surface area contributed by atoms with E-state index in [4.69, 9.17) is 23.7 Å². The number of fused-ring (bicyclic) bond motifs is 4. The molecule has 4 N–H and O–H groups in total. The van der Waals surface area contributed by atoms with Crippen molar-refractivity contribution in [1.82, 2.24) is 40.9 Å². The summed E-state index contributed by atoms with van der Waals surface area (Å²) < 4.78 is 30.0. The Morgan fingerprint density at radius 2 is 0.953 bits per heavy atom. The van der Waals surface area contributed by atoms with Gasteiger partial charge in [-0.25, -0.2) is 9.59 Å². The molecule has 0 radical (unpaired) electrons. The van der Waals surface area contributed by atoms with E-state index in [0.717, 1.165) is 22.3 Å². The average Bonchev–Trinajstić information content (AvgIpc) is 1.78. The minimum Gasteiger partial charge on any atom is -0.444 e. The number of hydrogen-bond acceptors (Lipinski definition) is 15. The van der Waals surface area contributed by atoms with Gasteiger partial charge in [-0.1, -0.05) is 76.2 Å². The minimum absolute atomic E-state index is 0.220. The lowest BCUT2D eigenvalue weighted by molar-refractivity contribution is -0.144. The van der Waals surface area contributed by atoms with E-state index in [1.807, 2.05) is 76.2 Å². The number of hydrogen-bond donors (Lipinski definition) is 4. The molecule has 468 valence electrons. The zero-order valence-electron chi connectivity index (χ0n) is 51.9. The molecule has 85 heavy (non-hydrogen) atoms. The monoisotopic (exact) mass is 1220 g/mol. The highest BCUT2D eigenvalue weighted by molar-refractivity contribution is 8.00. The van der Waals surface area contributed by atoms with E-state index in [1.54, 1.807) is 88.7 Å². The Morgan fingerprint density at radius 3 is 1.32 bits per heavy atom. The lowest BCUT2D eigenvalue weighted by atomic mass is 9.83. The third kappa shape index (κ3) is 15.0. The zero-order valence-corrected chi connectivity index (χ0v) is 53.6. The summed E-state index contributed by atoms with van der Waals surface area (Å²) in [5.74, 6) is -1.13. The molecule has 21 nitrogen and oxygen atoms in total. The second-order valence-corrected chi connectivity index (χ2v) is 29.3. The zero-order chi connectivity index (χ0) is 62.1. The summed E-state index contributed by atoms with van der Waals surface area (Å²) in [5.41, 5.74) is 1.23. The molecule has 0 unspecified atom stereocenters. The molecule has 4 saturated heterocycles. The van der Waals surface area contributed by atoms with Crippen molar-refractivity contribution in [2.45, 2.75) is 204 Å². The first-order chi connectivity index (χ1) is 39.9. The molecule has 2 aromatic rings. The van der Waals surface area contributed by atoms with Gasteiger partial charge in [0.05, 0.1) is 61.5 Å². The van der Waals surface area contributed by atoms with Crippen molar-refractivity contribution in [2.75, 3.05) is 52.0 Å². The van der Waals surface area contributed by atoms with Gasteiger partial charge in [-0.2, -0.15) is 0 Å². The quantitative estimate of drug-likeness (QED) is 0.120. The van der Waals surface area contributed by atoms with Crippen LogP contribution in [0.25, 0.3) is 0 Å². The second kappa shape index (κ2) is 26.4. The molecule has 2 aromatic carbocycles. The molecule has 8 amide bonds. The van der Waals surface area contributed by atoms with Crippen LogP contribution in [0.5, 0.6) is 0 Å². The van der Waals surface area contributed by atoms with Crippen LogP contribution in [0.4, 0.5) is 9.59 Å². The molecule has 0 bridgehead atoms. The van der Waals surface area contributed by atoms with Crippen molar-refractivity contribution < 1.29 is 62.0 Å². The van der Waals surface area contributed by atoms with Gasteiger partial charge in [-0.05, 0) is 126 Å². The summed E-state index contributed by atoms with van der Waals surface area (Å²) in [6.07, 6.45) is 0.808. The van der Waals surface area contributed by atoms with Crippen molar-refractivity contribution in [3.8, 4) is 0 Å². The smallest absolute Gasteiger partial charge is 0.410 e. The lowest BCUT2D eigenvalue weighted by Gasteiger charge is -2.35. The van der Waals surface area contributed by atoms with Crippen LogP contribution in [0.2, 0.25) is 0 Å². The number of carbonyl (C=O) groups excluding carboxylic acids is 8. The number of carbonyl (C=O) groups is 8. The van der Waals surface area contributed by atoms with E-state index < -0.39 is 107 Å². The Balaban J connectivity index is 0.852. The molecule has 4 fully saturated rings. The van der Waals surface area contributed by atoms with Crippen LogP contribution in [0, 0.1) is 10.8 Å². The highest BCUT2D eigenvalue weighted by Gasteiger charge is 2.57. The molecular formula is C62H90N8O13S2. The second-order valence-electron chi connectivity index (χ2n) is 26.8. The summed E-state index contributed by atoms with van der Waals surface area (Å²) in [7, 11) is 2.97. The molecule has 8 rings (SSSR count). The molecule has 2 aliphatic carbocycles. The van der Waals surface area contributed by atoms with E-state index in [9.17, 15) is 38.4 Å². The van der Waals surface area contributed by atoms with Crippen molar-refractivity contribution in [3.05, 3.63) is 70.8 Å². The van der Waals surface area contributed by atoms with Gasteiger partial charge in [0.25, 0.3) is 0 Å². The summed E-state index contributed by atoms with van der Waals surface area (Å²) in [6.45, 7) is 22.5. The van der Waals surface area contributed by atoms with Gasteiger partial charge >= 0.3 is 12.2 Å². The van der Waals surface area contributed by atoms with Crippen LogP contribution in [-0.2, 0) is 65.3 Å². The Hall–Kier alpha value is -5.62. The molecule has 0 spiro atoms. The number of thioether (sulfide) groups is 2. The van der Waals surface area contributed by atoms with Gasteiger partial charge in [0.1, 0.15) is 47.5 Å². The van der Waals surface area contributed by atoms with Gasteiger partial charge in [-0.15, -0.1) is 23.5 Å². The van der Waals surface area contributed by atoms with Crippen molar-refractivity contribution in [3.63, 3.8) is 0 Å². The van der Waals surface area contributed by atoms with E-state index in [2.05, 4.69) is 21.3 Å². The maximum Gasteiger partial charge on any atom is 0.410 e. The Labute approximate surface area is 509 Å². The molecular weight excluding hydrogens is 1130 g/mol. The van der Waals surface area contributed by atoms with E-state index in [0.29, 0.717) is 50.0 Å². The lowest BCUT2D eigenvalue weighted by Crippen LogP contribution is -2.58. The van der Waals surface area contributed by atoms with Crippen LogP contribution >= 0.6 is 23.5 Å². The fourth-order valence-corrected chi connectivity index (χ4v) is 15.6. The summed E-state index contributed by atoms with van der Waals surface area (Å²) >= 11 is 3.20. The first-order valence-electron chi connectivity index (χ1n) is 29.8. The standard InChI is InChI=1S/C62H90N8O13S2/c1-35(67(13)57(77)82-59(3,4)5)51(71)63-41-23-29-84-45-33-61(9,10)49(69(45)55(41)75)53(73)65-47-39-21-17-15-19-37(39)31-43(47)80-27-25-79-26-28-81-44-32-38-20-16-18-22-40(38)48(44)66-54(74)50-62(11,12)34-46-70(50)56(76)42(24-30-85-46)64-52(72)36(2)68(14)58(78)83-60(6,7)8/h15-22,35-36,41-50H,23-34H2,1-14H3,(H,63,71)(H,64,72)(H,65,73)(H,66,74)/t35-,36-,41-,42-,43+,44+,45-,46-,47-,48-,49+,50+/m0/s1. The summed E-state index contributed by atoms with van der Waals surface area (Å²) in [5, 5.41) is 11.8. The third-order valence-corrected chi connectivity index (χ3v) is 19.6. The minimum atomic E-state index is -0.926. The summed E-state index contributed by atoms with van der Waals surface area (Å²) in [6, 6.07) is 9.43. The molecule has 0 aromatic heterocycles. The number of ether oxygens (including phenoxy) is 5. The van der Waals surface area contributed by atoms with Crippen LogP contribution in [-0.4, -0.2) is 190 Å². The molecule has 4 aliphatic heterocycles. The highest BCUT2D eigenvalue weighted by atomic mass is 32.2. The number of nitrogens with one attached hydrogen (secondary N) is 4. The molecule has 23 heteroatoms. The SMILES string of the molecule is C[C@@H](C(=O)N[C@H]1CCS[C@H]2CC(C)(C)[C@@H](C(=O)N[C@H]3c4ccccc4C[C@H]3OCCOCCO[C@@H]3Cc4ccccc4[C@@H]3NC(=O)[C@H]3N4C(=O)[C@@H](NC(=O)[C@H](C)N(C)C(=O)OC(C)(C)C)CCS[C@H]4CC3(C)C)N2C1=O)N(C)C(=O)OC(C)(C)C. The van der Waals surface area contributed by atoms with E-state index >= 15 is 0 Å². The topological polar surface area (TPSA) is 244 Å². The van der Waals surface area contributed by atoms with Crippen molar-refractivity contribution in [2.24, 2.45) is 10.8 Å². The maximum atomic E-state index is 14.8. The molecule has 12 atom stereocenters. The number of likely N-dealkylation sites (N-methyl/N-ethyl adjacent to an activating group) is 2. The Bertz CT molecular complexity index is 2640. The molecule has 0 saturated carbocycles. The predicted molar refractivity (Wildman–Crippen MR) is 323 cm³/mol. The maximum absolute atomic E-state index is 14.8. The van der Waals surface area contributed by atoms with E-state index in [1.165, 1.54) is 23.9 Å². The largest absolute Gasteiger partial charge is 0.444 e. The first kappa shape index (κ1) is 65.4. The average molecular weight is 1220 g/mol. The Kier molecular flexibility index (Phi) is 20.3. The van der Waals surface area contributed by atoms with E-state index in [-0.39, 0.29) is 60.8 Å². The van der Waals surface area contributed by atoms with Crippen LogP contribution in [0.1, 0.15) is 143 Å². The fourth-order valence-electron chi connectivity index (χ4n) is 12.5. The van der Waals surface area contributed by atoms with Gasteiger partial charge in [0.15, 0.2) is 0 Å². The van der Waals surface area contributed by atoms with Crippen LogP contribution in [0.15, 0.2) is 48.5 Å². The van der Waals surface area contributed by atoms with Crippen LogP contribution in [0.3, 0.4) is 0 Å². The Morgan fingerprint density at radius 1 is 0.588 bits per heavy atom. The van der Waals surface area contributed by atoms with Crippen molar-refractivity contribution in [1.29, 1.82) is 0 Å². The number of amides is 8. The number of benzene rings is 2. The van der Waals surface area contributed by atoms with Gasteiger partial charge in [-0.3, -0.25) is 38.6 Å². The molecule has 4 heterocycles. The van der Waals surface area contributed by atoms with Gasteiger partial charge in [0.2, 0.25) is 35.4 Å². The normalized spacial score (nSPS) is 27.4. The van der Waals surface area contributed by atoms with Gasteiger partial charge < -0.3 is 54.8 Å².